The van der Waals surface area contributed by atoms with E-state index in [-0.39, 0.29) is 11.4 Å². The first kappa shape index (κ1) is 15.4. The van der Waals surface area contributed by atoms with Gasteiger partial charge in [-0.25, -0.2) is 18.1 Å². The molecule has 2 aromatic rings. The SMILES string of the molecule is CNCc1ccc(S(=O)(=O)NCc2ncn[nH]2)c(OC)c1. The van der Waals surface area contributed by atoms with Crippen LogP contribution in [0.2, 0.25) is 0 Å². The molecule has 0 amide bonds. The fourth-order valence-electron chi connectivity index (χ4n) is 1.81. The number of aromatic amines is 1. The zero-order valence-electron chi connectivity index (χ0n) is 11.8. The topological polar surface area (TPSA) is 109 Å². The highest BCUT2D eigenvalue weighted by atomic mass is 32.2. The summed E-state index contributed by atoms with van der Waals surface area (Å²) in [7, 11) is -0.440. The summed E-state index contributed by atoms with van der Waals surface area (Å²) in [6.07, 6.45) is 1.32. The Morgan fingerprint density at radius 2 is 2.14 bits per heavy atom. The second-order valence-electron chi connectivity index (χ2n) is 4.27. The number of rotatable bonds is 7. The lowest BCUT2D eigenvalue weighted by molar-refractivity contribution is 0.401. The minimum Gasteiger partial charge on any atom is -0.495 e. The Labute approximate surface area is 123 Å². The van der Waals surface area contributed by atoms with Crippen LogP contribution in [-0.4, -0.2) is 37.8 Å². The van der Waals surface area contributed by atoms with Crippen LogP contribution in [0.3, 0.4) is 0 Å². The molecule has 0 fully saturated rings. The fourth-order valence-corrected chi connectivity index (χ4v) is 2.94. The summed E-state index contributed by atoms with van der Waals surface area (Å²) in [5, 5.41) is 9.24. The fraction of sp³-hybridized carbons (Fsp3) is 0.333. The predicted molar refractivity (Wildman–Crippen MR) is 76.2 cm³/mol. The lowest BCUT2D eigenvalue weighted by Gasteiger charge is -2.11. The van der Waals surface area contributed by atoms with E-state index < -0.39 is 10.0 Å². The Kier molecular flexibility index (Phi) is 4.89. The van der Waals surface area contributed by atoms with Crippen molar-refractivity contribution in [3.8, 4) is 5.75 Å². The van der Waals surface area contributed by atoms with Crippen LogP contribution in [0.1, 0.15) is 11.4 Å². The smallest absolute Gasteiger partial charge is 0.244 e. The largest absolute Gasteiger partial charge is 0.495 e. The molecule has 114 valence electrons. The molecule has 0 radical (unpaired) electrons. The van der Waals surface area contributed by atoms with E-state index in [1.807, 2.05) is 7.05 Å². The second-order valence-corrected chi connectivity index (χ2v) is 6.01. The summed E-state index contributed by atoms with van der Waals surface area (Å²) in [6, 6.07) is 4.95. The van der Waals surface area contributed by atoms with Gasteiger partial charge in [0.25, 0.3) is 0 Å². The molecule has 0 spiro atoms. The van der Waals surface area contributed by atoms with Gasteiger partial charge in [-0.05, 0) is 24.7 Å². The molecule has 0 saturated carbocycles. The van der Waals surface area contributed by atoms with Gasteiger partial charge in [0.2, 0.25) is 10.0 Å². The van der Waals surface area contributed by atoms with Gasteiger partial charge in [0.05, 0.1) is 13.7 Å². The van der Waals surface area contributed by atoms with Crippen LogP contribution in [0.25, 0.3) is 0 Å². The van der Waals surface area contributed by atoms with Crippen LogP contribution in [0.4, 0.5) is 0 Å². The van der Waals surface area contributed by atoms with Crippen molar-refractivity contribution in [3.05, 3.63) is 35.9 Å². The standard InChI is InChI=1S/C12H17N5O3S/c1-13-6-9-3-4-11(10(5-9)20-2)21(18,19)16-7-12-14-8-15-17-12/h3-5,8,13,16H,6-7H2,1-2H3,(H,14,15,17). The van der Waals surface area contributed by atoms with Crippen LogP contribution in [0, 0.1) is 0 Å². The molecule has 1 heterocycles. The maximum Gasteiger partial charge on any atom is 0.244 e. The third kappa shape index (κ3) is 3.78. The normalized spacial score (nSPS) is 11.5. The number of aromatic nitrogens is 3. The minimum absolute atomic E-state index is 0.0315. The zero-order valence-corrected chi connectivity index (χ0v) is 12.6. The number of nitrogens with zero attached hydrogens (tertiary/aromatic N) is 2. The van der Waals surface area contributed by atoms with E-state index in [4.69, 9.17) is 4.74 Å². The molecule has 3 N–H and O–H groups in total. The van der Waals surface area contributed by atoms with E-state index in [1.165, 1.54) is 19.5 Å². The molecule has 0 aliphatic rings. The predicted octanol–water partition coefficient (Wildman–Crippen LogP) is 0.0112. The molecule has 1 aromatic heterocycles. The molecule has 9 heteroatoms. The number of H-pyrrole nitrogens is 1. The van der Waals surface area contributed by atoms with E-state index in [9.17, 15) is 8.42 Å². The molecule has 8 nitrogen and oxygen atoms in total. The van der Waals surface area contributed by atoms with Crippen molar-refractivity contribution in [2.75, 3.05) is 14.2 Å². The maximum atomic E-state index is 12.3. The number of sulfonamides is 1. The second kappa shape index (κ2) is 6.66. The first-order valence-corrected chi connectivity index (χ1v) is 7.70. The molecule has 0 unspecified atom stereocenters. The van der Waals surface area contributed by atoms with Gasteiger partial charge in [0.15, 0.2) is 0 Å². The Morgan fingerprint density at radius 1 is 1.33 bits per heavy atom. The van der Waals surface area contributed by atoms with Crippen molar-refractivity contribution in [2.45, 2.75) is 18.0 Å². The number of methoxy groups -OCH3 is 1. The molecule has 21 heavy (non-hydrogen) atoms. The molecule has 0 aliphatic heterocycles. The molecule has 1 aromatic carbocycles. The first-order valence-electron chi connectivity index (χ1n) is 6.22. The maximum absolute atomic E-state index is 12.3. The molecule has 0 saturated heterocycles. The number of hydrogen-bond acceptors (Lipinski definition) is 6. The van der Waals surface area contributed by atoms with Crippen molar-refractivity contribution in [1.29, 1.82) is 0 Å². The van der Waals surface area contributed by atoms with Gasteiger partial charge in [0.1, 0.15) is 22.8 Å². The lowest BCUT2D eigenvalue weighted by Crippen LogP contribution is -2.24. The third-order valence-electron chi connectivity index (χ3n) is 2.79. The minimum atomic E-state index is -3.69. The van der Waals surface area contributed by atoms with E-state index in [1.54, 1.807) is 12.1 Å². The van der Waals surface area contributed by atoms with Gasteiger partial charge in [-0.15, -0.1) is 0 Å². The summed E-state index contributed by atoms with van der Waals surface area (Å²) < 4.78 is 32.2. The third-order valence-corrected chi connectivity index (χ3v) is 4.23. The van der Waals surface area contributed by atoms with Crippen molar-refractivity contribution < 1.29 is 13.2 Å². The number of ether oxygens (including phenoxy) is 1. The summed E-state index contributed by atoms with van der Waals surface area (Å²) in [5.74, 6) is 0.733. The highest BCUT2D eigenvalue weighted by Gasteiger charge is 2.20. The molecule has 0 atom stereocenters. The van der Waals surface area contributed by atoms with Gasteiger partial charge in [-0.1, -0.05) is 6.07 Å². The average molecular weight is 311 g/mol. The van der Waals surface area contributed by atoms with Crippen molar-refractivity contribution >= 4 is 10.0 Å². The molecule has 0 bridgehead atoms. The molecular formula is C12H17N5O3S. The summed E-state index contributed by atoms with van der Waals surface area (Å²) in [5.41, 5.74) is 0.934. The van der Waals surface area contributed by atoms with Gasteiger partial charge in [0, 0.05) is 6.54 Å². The molecule has 2 rings (SSSR count). The Hall–Kier alpha value is -1.97. The van der Waals surface area contributed by atoms with Crippen molar-refractivity contribution in [1.82, 2.24) is 25.2 Å². The molecule has 0 aliphatic carbocycles. The summed E-state index contributed by atoms with van der Waals surface area (Å²) >= 11 is 0. The number of benzene rings is 1. The van der Waals surface area contributed by atoms with Gasteiger partial charge < -0.3 is 10.1 Å². The van der Waals surface area contributed by atoms with Crippen molar-refractivity contribution in [2.24, 2.45) is 0 Å². The Balaban J connectivity index is 2.22. The van der Waals surface area contributed by atoms with Gasteiger partial charge >= 0.3 is 0 Å². The number of nitrogens with one attached hydrogen (secondary N) is 3. The molecular weight excluding hydrogens is 294 g/mol. The van der Waals surface area contributed by atoms with Crippen LogP contribution in [0.5, 0.6) is 5.75 Å². The van der Waals surface area contributed by atoms with Crippen LogP contribution in [-0.2, 0) is 23.1 Å². The highest BCUT2D eigenvalue weighted by Crippen LogP contribution is 2.25. The Bertz CT molecular complexity index is 685. The summed E-state index contributed by atoms with van der Waals surface area (Å²) in [4.78, 5) is 3.95. The van der Waals surface area contributed by atoms with E-state index in [0.29, 0.717) is 18.1 Å². The lowest BCUT2D eigenvalue weighted by atomic mass is 10.2. The van der Waals surface area contributed by atoms with E-state index in [2.05, 4.69) is 25.2 Å². The van der Waals surface area contributed by atoms with Crippen LogP contribution in [0.15, 0.2) is 29.4 Å². The van der Waals surface area contributed by atoms with Gasteiger partial charge in [-0.3, -0.25) is 5.10 Å². The van der Waals surface area contributed by atoms with Gasteiger partial charge in [-0.2, -0.15) is 5.10 Å². The summed E-state index contributed by atoms with van der Waals surface area (Å²) in [6.45, 7) is 0.659. The van der Waals surface area contributed by atoms with E-state index >= 15 is 0 Å². The highest BCUT2D eigenvalue weighted by molar-refractivity contribution is 7.89. The Morgan fingerprint density at radius 3 is 2.76 bits per heavy atom. The average Bonchev–Trinajstić information content (AvgIpc) is 2.98. The van der Waals surface area contributed by atoms with Crippen LogP contribution >= 0.6 is 0 Å². The van der Waals surface area contributed by atoms with Crippen LogP contribution < -0.4 is 14.8 Å². The first-order chi connectivity index (χ1) is 10.1. The monoisotopic (exact) mass is 311 g/mol. The van der Waals surface area contributed by atoms with Crippen molar-refractivity contribution in [3.63, 3.8) is 0 Å². The quantitative estimate of drug-likeness (QED) is 0.665. The zero-order chi connectivity index (χ0) is 15.3. The van der Waals surface area contributed by atoms with E-state index in [0.717, 1.165) is 5.56 Å². The number of hydrogen-bond donors (Lipinski definition) is 3.